The fourth-order valence-corrected chi connectivity index (χ4v) is 3.16. The number of aliphatic hydroxyl groups excluding tert-OH is 1. The first kappa shape index (κ1) is 20.2. The molecule has 2 aromatic heterocycles. The van der Waals surface area contributed by atoms with Gasteiger partial charge in [-0.05, 0) is 17.7 Å². The zero-order valence-electron chi connectivity index (χ0n) is 16.4. The standard InChI is InChI=1S/C20H23N5O4/c1-4-5-10-24-18(27)16-17(23(2)20(24)28)22-19(21-9-11-26)25(16)13-14-7-6-8-15(12-14)29-3/h1,6-8,12,26H,5,9-11,13H2,2-3H3,(H,21,22). The second-order valence-corrected chi connectivity index (χ2v) is 6.45. The number of aliphatic hydroxyl groups is 1. The molecule has 0 saturated heterocycles. The molecule has 29 heavy (non-hydrogen) atoms. The molecule has 0 aliphatic carbocycles. The smallest absolute Gasteiger partial charge is 0.332 e. The van der Waals surface area contributed by atoms with Gasteiger partial charge >= 0.3 is 5.69 Å². The monoisotopic (exact) mass is 397 g/mol. The van der Waals surface area contributed by atoms with E-state index in [-0.39, 0.29) is 37.3 Å². The summed E-state index contributed by atoms with van der Waals surface area (Å²) in [5, 5.41) is 12.2. The lowest BCUT2D eigenvalue weighted by Gasteiger charge is -2.12. The number of methoxy groups -OCH3 is 1. The molecule has 9 nitrogen and oxygen atoms in total. The summed E-state index contributed by atoms with van der Waals surface area (Å²) in [7, 11) is 3.15. The summed E-state index contributed by atoms with van der Waals surface area (Å²) in [4.78, 5) is 30.2. The summed E-state index contributed by atoms with van der Waals surface area (Å²) in [6.07, 6.45) is 5.57. The van der Waals surface area contributed by atoms with Gasteiger partial charge in [0.05, 0.1) is 20.3 Å². The van der Waals surface area contributed by atoms with Crippen molar-refractivity contribution in [3.8, 4) is 18.1 Å². The van der Waals surface area contributed by atoms with E-state index in [4.69, 9.17) is 11.2 Å². The molecule has 0 aliphatic rings. The molecule has 0 aliphatic heterocycles. The highest BCUT2D eigenvalue weighted by Gasteiger charge is 2.20. The topological polar surface area (TPSA) is 103 Å². The van der Waals surface area contributed by atoms with Crippen LogP contribution in [0.15, 0.2) is 33.9 Å². The Morgan fingerprint density at radius 1 is 1.31 bits per heavy atom. The minimum Gasteiger partial charge on any atom is -0.497 e. The molecule has 3 rings (SSSR count). The van der Waals surface area contributed by atoms with Gasteiger partial charge in [-0.1, -0.05) is 12.1 Å². The molecule has 0 unspecified atom stereocenters. The summed E-state index contributed by atoms with van der Waals surface area (Å²) < 4.78 is 9.44. The molecular formula is C20H23N5O4. The van der Waals surface area contributed by atoms with Crippen molar-refractivity contribution in [3.05, 3.63) is 50.7 Å². The van der Waals surface area contributed by atoms with Gasteiger partial charge in [0.25, 0.3) is 5.56 Å². The van der Waals surface area contributed by atoms with Gasteiger partial charge in [-0.2, -0.15) is 4.98 Å². The lowest BCUT2D eigenvalue weighted by atomic mass is 10.2. The lowest BCUT2D eigenvalue weighted by molar-refractivity contribution is 0.310. The zero-order valence-corrected chi connectivity index (χ0v) is 16.4. The van der Waals surface area contributed by atoms with Gasteiger partial charge < -0.3 is 15.2 Å². The Balaban J connectivity index is 2.24. The van der Waals surface area contributed by atoms with Crippen LogP contribution in [0.4, 0.5) is 5.95 Å². The van der Waals surface area contributed by atoms with Gasteiger partial charge in [0.1, 0.15) is 5.75 Å². The number of fused-ring (bicyclic) bond motifs is 1. The van der Waals surface area contributed by atoms with Crippen LogP contribution in [-0.4, -0.2) is 44.1 Å². The second kappa shape index (κ2) is 8.67. The van der Waals surface area contributed by atoms with Crippen LogP contribution in [0.25, 0.3) is 11.2 Å². The average Bonchev–Trinajstić information content (AvgIpc) is 3.09. The molecule has 0 atom stereocenters. The average molecular weight is 397 g/mol. The minimum absolute atomic E-state index is 0.103. The van der Waals surface area contributed by atoms with Crippen molar-refractivity contribution in [1.82, 2.24) is 18.7 Å². The number of imidazole rings is 1. The molecule has 0 spiro atoms. The maximum absolute atomic E-state index is 13.1. The Hall–Kier alpha value is -3.51. The highest BCUT2D eigenvalue weighted by molar-refractivity contribution is 5.74. The van der Waals surface area contributed by atoms with E-state index >= 15 is 0 Å². The Kier molecular flexibility index (Phi) is 6.04. The van der Waals surface area contributed by atoms with Crippen LogP contribution in [0.2, 0.25) is 0 Å². The maximum atomic E-state index is 13.1. The van der Waals surface area contributed by atoms with Gasteiger partial charge in [-0.25, -0.2) is 4.79 Å². The summed E-state index contributed by atoms with van der Waals surface area (Å²) in [5.74, 6) is 3.53. The quantitative estimate of drug-likeness (QED) is 0.533. The van der Waals surface area contributed by atoms with Crippen LogP contribution in [0, 0.1) is 12.3 Å². The van der Waals surface area contributed by atoms with Crippen molar-refractivity contribution < 1.29 is 9.84 Å². The van der Waals surface area contributed by atoms with E-state index in [9.17, 15) is 14.7 Å². The highest BCUT2D eigenvalue weighted by Crippen LogP contribution is 2.20. The molecule has 0 radical (unpaired) electrons. The fourth-order valence-electron chi connectivity index (χ4n) is 3.16. The predicted octanol–water partition coefficient (Wildman–Crippen LogP) is 0.381. The van der Waals surface area contributed by atoms with Crippen LogP contribution in [0.1, 0.15) is 12.0 Å². The Labute approximate surface area is 167 Å². The number of rotatable bonds is 8. The third-order valence-electron chi connectivity index (χ3n) is 4.58. The van der Waals surface area contributed by atoms with Gasteiger partial charge in [-0.15, -0.1) is 12.3 Å². The number of aryl methyl sites for hydroxylation is 1. The first-order valence-electron chi connectivity index (χ1n) is 9.13. The molecule has 0 fully saturated rings. The van der Waals surface area contributed by atoms with Crippen LogP contribution >= 0.6 is 0 Å². The molecule has 2 N–H and O–H groups in total. The third-order valence-corrected chi connectivity index (χ3v) is 4.58. The first-order valence-corrected chi connectivity index (χ1v) is 9.13. The van der Waals surface area contributed by atoms with Crippen LogP contribution in [0.3, 0.4) is 0 Å². The van der Waals surface area contributed by atoms with Crippen LogP contribution in [-0.2, 0) is 20.1 Å². The van der Waals surface area contributed by atoms with Crippen molar-refractivity contribution in [2.24, 2.45) is 7.05 Å². The zero-order chi connectivity index (χ0) is 21.0. The van der Waals surface area contributed by atoms with E-state index in [1.807, 2.05) is 24.3 Å². The Morgan fingerprint density at radius 2 is 2.10 bits per heavy atom. The van der Waals surface area contributed by atoms with Gasteiger partial charge in [-0.3, -0.25) is 18.5 Å². The number of terminal acetylenes is 1. The summed E-state index contributed by atoms with van der Waals surface area (Å²) in [5.41, 5.74) is 0.509. The molecule has 3 aromatic rings. The number of nitrogens with one attached hydrogen (secondary N) is 1. The third kappa shape index (κ3) is 3.88. The second-order valence-electron chi connectivity index (χ2n) is 6.45. The van der Waals surface area contributed by atoms with E-state index < -0.39 is 11.2 Å². The van der Waals surface area contributed by atoms with Crippen molar-refractivity contribution in [2.75, 3.05) is 25.6 Å². The largest absolute Gasteiger partial charge is 0.497 e. The van der Waals surface area contributed by atoms with E-state index in [1.54, 1.807) is 18.7 Å². The summed E-state index contributed by atoms with van der Waals surface area (Å²) in [6, 6.07) is 7.45. The number of benzene rings is 1. The molecular weight excluding hydrogens is 374 g/mol. The number of anilines is 1. The number of hydrogen-bond acceptors (Lipinski definition) is 6. The van der Waals surface area contributed by atoms with Gasteiger partial charge in [0, 0.05) is 26.6 Å². The van der Waals surface area contributed by atoms with Gasteiger partial charge in [0.15, 0.2) is 11.2 Å². The van der Waals surface area contributed by atoms with Crippen LogP contribution in [0.5, 0.6) is 5.75 Å². The number of nitrogens with zero attached hydrogens (tertiary/aromatic N) is 4. The van der Waals surface area contributed by atoms with Crippen molar-refractivity contribution in [3.63, 3.8) is 0 Å². The van der Waals surface area contributed by atoms with E-state index in [0.717, 1.165) is 10.1 Å². The molecule has 2 heterocycles. The number of ether oxygens (including phenoxy) is 1. The predicted molar refractivity (Wildman–Crippen MR) is 110 cm³/mol. The fraction of sp³-hybridized carbons (Fsp3) is 0.350. The van der Waals surface area contributed by atoms with Gasteiger partial charge in [0.2, 0.25) is 5.95 Å². The highest BCUT2D eigenvalue weighted by atomic mass is 16.5. The number of aromatic nitrogens is 4. The first-order chi connectivity index (χ1) is 14.0. The van der Waals surface area contributed by atoms with Crippen molar-refractivity contribution >= 4 is 17.1 Å². The summed E-state index contributed by atoms with van der Waals surface area (Å²) >= 11 is 0. The molecule has 1 aromatic carbocycles. The Morgan fingerprint density at radius 3 is 2.79 bits per heavy atom. The van der Waals surface area contributed by atoms with E-state index in [2.05, 4.69) is 16.2 Å². The molecule has 0 amide bonds. The number of hydrogen-bond donors (Lipinski definition) is 2. The molecule has 152 valence electrons. The lowest BCUT2D eigenvalue weighted by Crippen LogP contribution is -2.39. The van der Waals surface area contributed by atoms with Crippen molar-refractivity contribution in [2.45, 2.75) is 19.5 Å². The normalized spacial score (nSPS) is 10.8. The van der Waals surface area contributed by atoms with Crippen molar-refractivity contribution in [1.29, 1.82) is 0 Å². The minimum atomic E-state index is -0.475. The molecule has 9 heteroatoms. The maximum Gasteiger partial charge on any atom is 0.332 e. The SMILES string of the molecule is C#CCCn1c(=O)c2c(nc(NCCO)n2Cc2cccc(OC)c2)n(C)c1=O. The Bertz CT molecular complexity index is 1180. The van der Waals surface area contributed by atoms with E-state index in [1.165, 1.54) is 4.57 Å². The molecule has 0 saturated carbocycles. The molecule has 0 bridgehead atoms. The van der Waals surface area contributed by atoms with E-state index in [0.29, 0.717) is 18.2 Å². The van der Waals surface area contributed by atoms with Crippen LogP contribution < -0.4 is 21.3 Å². The summed E-state index contributed by atoms with van der Waals surface area (Å²) in [6.45, 7) is 0.597.